The molecule has 1 aromatic heterocycles. The molecule has 1 aliphatic rings. The summed E-state index contributed by atoms with van der Waals surface area (Å²) in [4.78, 5) is 32.7. The lowest BCUT2D eigenvalue weighted by atomic mass is 10.4. The zero-order chi connectivity index (χ0) is 13.8. The van der Waals surface area contributed by atoms with Crippen molar-refractivity contribution in [1.82, 2.24) is 15.3 Å². The molecule has 0 aliphatic heterocycles. The topological polar surface area (TPSA) is 84.4 Å². The number of nitrogens with zero attached hydrogens (tertiary/aromatic N) is 3. The second-order valence-electron chi connectivity index (χ2n) is 4.45. The van der Waals surface area contributed by atoms with E-state index in [9.17, 15) is 9.59 Å². The van der Waals surface area contributed by atoms with Gasteiger partial charge in [0.25, 0.3) is 0 Å². The van der Waals surface area contributed by atoms with Crippen molar-refractivity contribution in [3.8, 4) is 0 Å². The van der Waals surface area contributed by atoms with Gasteiger partial charge in [-0.1, -0.05) is 0 Å². The molecule has 0 atom stereocenters. The number of anilines is 1. The summed E-state index contributed by atoms with van der Waals surface area (Å²) < 4.78 is 4.57. The summed E-state index contributed by atoms with van der Waals surface area (Å²) in [6.45, 7) is 0.176. The summed E-state index contributed by atoms with van der Waals surface area (Å²) in [5.41, 5.74) is 0.120. The first-order valence-electron chi connectivity index (χ1n) is 6.01. The van der Waals surface area contributed by atoms with E-state index in [1.807, 2.05) is 0 Å². The number of carbonyl (C=O) groups excluding carboxylic acids is 2. The van der Waals surface area contributed by atoms with E-state index in [1.54, 1.807) is 11.9 Å². The maximum Gasteiger partial charge on any atom is 0.358 e. The van der Waals surface area contributed by atoms with E-state index in [4.69, 9.17) is 0 Å². The molecule has 7 heteroatoms. The highest BCUT2D eigenvalue weighted by Crippen LogP contribution is 2.18. The number of nitrogens with one attached hydrogen (secondary N) is 1. The highest BCUT2D eigenvalue weighted by atomic mass is 16.5. The molecule has 0 saturated heterocycles. The third-order valence-electron chi connectivity index (χ3n) is 2.73. The number of esters is 1. The maximum atomic E-state index is 11.7. The predicted octanol–water partition coefficient (Wildman–Crippen LogP) is -0.0220. The van der Waals surface area contributed by atoms with E-state index in [0.29, 0.717) is 11.9 Å². The van der Waals surface area contributed by atoms with Crippen LogP contribution in [0.15, 0.2) is 12.4 Å². The van der Waals surface area contributed by atoms with Crippen LogP contribution in [0.1, 0.15) is 23.3 Å². The fourth-order valence-corrected chi connectivity index (χ4v) is 1.54. The van der Waals surface area contributed by atoms with Gasteiger partial charge in [-0.15, -0.1) is 0 Å². The van der Waals surface area contributed by atoms with Crippen LogP contribution in [-0.4, -0.2) is 48.6 Å². The van der Waals surface area contributed by atoms with Gasteiger partial charge in [0.1, 0.15) is 5.82 Å². The molecule has 1 amide bonds. The van der Waals surface area contributed by atoms with Crippen molar-refractivity contribution < 1.29 is 14.3 Å². The Bertz CT molecular complexity index is 488. The van der Waals surface area contributed by atoms with Crippen molar-refractivity contribution in [2.75, 3.05) is 25.6 Å². The summed E-state index contributed by atoms with van der Waals surface area (Å²) in [5.74, 6) is -0.158. The Kier molecular flexibility index (Phi) is 3.94. The predicted molar refractivity (Wildman–Crippen MR) is 67.8 cm³/mol. The van der Waals surface area contributed by atoms with Crippen LogP contribution in [0.3, 0.4) is 0 Å². The Morgan fingerprint density at radius 2 is 2.21 bits per heavy atom. The van der Waals surface area contributed by atoms with Gasteiger partial charge in [0, 0.05) is 13.1 Å². The second kappa shape index (κ2) is 5.64. The largest absolute Gasteiger partial charge is 0.464 e. The normalized spacial score (nSPS) is 13.8. The van der Waals surface area contributed by atoms with Crippen molar-refractivity contribution in [3.63, 3.8) is 0 Å². The van der Waals surface area contributed by atoms with Crippen LogP contribution < -0.4 is 10.2 Å². The smallest absolute Gasteiger partial charge is 0.358 e. The first-order valence-corrected chi connectivity index (χ1v) is 6.01. The Hall–Kier alpha value is -2.18. The van der Waals surface area contributed by atoms with Crippen molar-refractivity contribution in [3.05, 3.63) is 18.1 Å². The summed E-state index contributed by atoms with van der Waals surface area (Å²) in [5, 5.41) is 2.88. The van der Waals surface area contributed by atoms with Crippen LogP contribution in [0.4, 0.5) is 5.82 Å². The zero-order valence-electron chi connectivity index (χ0n) is 10.9. The van der Waals surface area contributed by atoms with E-state index in [-0.39, 0.29) is 18.1 Å². The monoisotopic (exact) mass is 264 g/mol. The number of ether oxygens (including phenoxy) is 1. The van der Waals surface area contributed by atoms with Crippen molar-refractivity contribution in [2.45, 2.75) is 18.9 Å². The highest BCUT2D eigenvalue weighted by molar-refractivity contribution is 5.87. The van der Waals surface area contributed by atoms with Gasteiger partial charge in [-0.05, 0) is 12.8 Å². The lowest BCUT2D eigenvalue weighted by molar-refractivity contribution is -0.119. The van der Waals surface area contributed by atoms with Gasteiger partial charge in [0.05, 0.1) is 26.0 Å². The third-order valence-corrected chi connectivity index (χ3v) is 2.73. The van der Waals surface area contributed by atoms with Gasteiger partial charge >= 0.3 is 5.97 Å². The highest BCUT2D eigenvalue weighted by Gasteiger charge is 2.23. The molecule has 0 aromatic carbocycles. The molecule has 0 spiro atoms. The SMILES string of the molecule is COC(=O)c1cncc(N(C)CC(=O)NC2CC2)n1. The molecule has 1 aromatic rings. The number of carbonyl (C=O) groups is 2. The first-order chi connectivity index (χ1) is 9.10. The maximum absolute atomic E-state index is 11.7. The molecule has 1 fully saturated rings. The van der Waals surface area contributed by atoms with E-state index < -0.39 is 5.97 Å². The number of likely N-dealkylation sites (N-methyl/N-ethyl adjacent to an activating group) is 1. The number of aromatic nitrogens is 2. The van der Waals surface area contributed by atoms with Gasteiger partial charge in [-0.2, -0.15) is 0 Å². The summed E-state index contributed by atoms with van der Waals surface area (Å²) in [6, 6.07) is 0.327. The van der Waals surface area contributed by atoms with Crippen molar-refractivity contribution in [2.24, 2.45) is 0 Å². The molecule has 19 heavy (non-hydrogen) atoms. The minimum Gasteiger partial charge on any atom is -0.464 e. The Morgan fingerprint density at radius 3 is 2.84 bits per heavy atom. The number of methoxy groups -OCH3 is 1. The molecule has 1 N–H and O–H groups in total. The Balaban J connectivity index is 1.99. The zero-order valence-corrected chi connectivity index (χ0v) is 10.9. The molecule has 0 unspecified atom stereocenters. The second-order valence-corrected chi connectivity index (χ2v) is 4.45. The van der Waals surface area contributed by atoms with Gasteiger partial charge in [-0.25, -0.2) is 9.78 Å². The van der Waals surface area contributed by atoms with E-state index in [2.05, 4.69) is 20.0 Å². The van der Waals surface area contributed by atoms with Gasteiger partial charge < -0.3 is 15.0 Å². The lowest BCUT2D eigenvalue weighted by Crippen LogP contribution is -2.36. The van der Waals surface area contributed by atoms with Crippen LogP contribution >= 0.6 is 0 Å². The molecule has 1 heterocycles. The van der Waals surface area contributed by atoms with E-state index >= 15 is 0 Å². The molecular formula is C12H16N4O3. The number of rotatable bonds is 5. The average Bonchev–Trinajstić information content (AvgIpc) is 3.21. The van der Waals surface area contributed by atoms with Crippen molar-refractivity contribution >= 4 is 17.7 Å². The first kappa shape index (κ1) is 13.3. The minimum absolute atomic E-state index is 0.0599. The molecule has 7 nitrogen and oxygen atoms in total. The van der Waals surface area contributed by atoms with Gasteiger partial charge in [-0.3, -0.25) is 9.78 Å². The number of hydrogen-bond donors (Lipinski definition) is 1. The fourth-order valence-electron chi connectivity index (χ4n) is 1.54. The van der Waals surface area contributed by atoms with Crippen LogP contribution in [0, 0.1) is 0 Å². The van der Waals surface area contributed by atoms with Crippen LogP contribution in [0.25, 0.3) is 0 Å². The molecule has 0 radical (unpaired) electrons. The average molecular weight is 264 g/mol. The third kappa shape index (κ3) is 3.64. The number of amides is 1. The Morgan fingerprint density at radius 1 is 1.47 bits per heavy atom. The lowest BCUT2D eigenvalue weighted by Gasteiger charge is -2.17. The summed E-state index contributed by atoms with van der Waals surface area (Å²) in [6.07, 6.45) is 4.92. The summed E-state index contributed by atoms with van der Waals surface area (Å²) in [7, 11) is 3.00. The van der Waals surface area contributed by atoms with E-state index in [0.717, 1.165) is 12.8 Å². The van der Waals surface area contributed by atoms with E-state index in [1.165, 1.54) is 19.5 Å². The van der Waals surface area contributed by atoms with Gasteiger partial charge in [0.15, 0.2) is 5.69 Å². The minimum atomic E-state index is -0.551. The fraction of sp³-hybridized carbons (Fsp3) is 0.500. The van der Waals surface area contributed by atoms with Crippen LogP contribution in [-0.2, 0) is 9.53 Å². The molecule has 1 saturated carbocycles. The van der Waals surface area contributed by atoms with Crippen molar-refractivity contribution in [1.29, 1.82) is 0 Å². The quantitative estimate of drug-likeness (QED) is 0.752. The van der Waals surface area contributed by atoms with Gasteiger partial charge in [0.2, 0.25) is 5.91 Å². The Labute approximate surface area is 111 Å². The standard InChI is InChI=1S/C12H16N4O3/c1-16(7-11(17)14-8-3-4-8)10-6-13-5-9(15-10)12(18)19-2/h5-6,8H,3-4,7H2,1-2H3,(H,14,17). The van der Waals surface area contributed by atoms with Crippen LogP contribution in [0.2, 0.25) is 0 Å². The number of hydrogen-bond acceptors (Lipinski definition) is 6. The molecular weight excluding hydrogens is 248 g/mol. The van der Waals surface area contributed by atoms with Crippen LogP contribution in [0.5, 0.6) is 0 Å². The molecule has 1 aliphatic carbocycles. The molecule has 102 valence electrons. The summed E-state index contributed by atoms with van der Waals surface area (Å²) >= 11 is 0. The molecule has 0 bridgehead atoms. The molecule has 2 rings (SSSR count).